The molecule has 6 nitrogen and oxygen atoms in total. The Bertz CT molecular complexity index is 978. The lowest BCUT2D eigenvalue weighted by Crippen LogP contribution is -2.28. The summed E-state index contributed by atoms with van der Waals surface area (Å²) < 4.78 is 65.2. The maximum Gasteiger partial charge on any atom is 0.417 e. The summed E-state index contributed by atoms with van der Waals surface area (Å²) in [7, 11) is -0.492. The Morgan fingerprint density at radius 1 is 1.10 bits per heavy atom. The summed E-state index contributed by atoms with van der Waals surface area (Å²) in [6.07, 6.45) is -4.99. The fourth-order valence-corrected chi connectivity index (χ4v) is 3.62. The topological polar surface area (TPSA) is 78.5 Å². The van der Waals surface area contributed by atoms with Gasteiger partial charge in [-0.3, -0.25) is 4.79 Å². The molecule has 2 rings (SSSR count). The molecule has 0 saturated carbocycles. The molecule has 11 heteroatoms. The Morgan fingerprint density at radius 2 is 1.72 bits per heavy atom. The monoisotopic (exact) mass is 449 g/mol. The van der Waals surface area contributed by atoms with Gasteiger partial charge in [0.05, 0.1) is 15.5 Å². The fraction of sp³-hybridized carbons (Fsp3) is 0.278. The fourth-order valence-electron chi connectivity index (χ4n) is 2.34. The normalized spacial score (nSPS) is 11.9. The van der Waals surface area contributed by atoms with Crippen molar-refractivity contribution in [2.45, 2.75) is 17.5 Å². The molecule has 0 aliphatic rings. The number of anilines is 2. The predicted molar refractivity (Wildman–Crippen MR) is 106 cm³/mol. The lowest BCUT2D eigenvalue weighted by molar-refractivity contribution is -0.137. The number of hydrogen-bond donors (Lipinski definition) is 2. The molecule has 0 saturated heterocycles. The number of carbonyl (C=O) groups is 1. The highest BCUT2D eigenvalue weighted by atomic mass is 35.5. The molecule has 1 amide bonds. The van der Waals surface area contributed by atoms with E-state index in [-0.39, 0.29) is 13.0 Å². The van der Waals surface area contributed by atoms with Crippen molar-refractivity contribution in [3.05, 3.63) is 53.1 Å². The minimum absolute atomic E-state index is 0.200. The predicted octanol–water partition coefficient (Wildman–Crippen LogP) is 3.73. The van der Waals surface area contributed by atoms with E-state index in [4.69, 9.17) is 11.6 Å². The Hall–Kier alpha value is -2.30. The molecule has 0 heterocycles. The Kier molecular flexibility index (Phi) is 7.15. The lowest BCUT2D eigenvalue weighted by Gasteiger charge is -2.13. The molecule has 0 aromatic heterocycles. The SMILES string of the molecule is CN(C)c1ccc(NC(=O)CCNS(=O)(=O)c2ccc(Cl)c(C(F)(F)F)c2)cc1. The van der Waals surface area contributed by atoms with Crippen LogP contribution in [0, 0.1) is 0 Å². The van der Waals surface area contributed by atoms with Crippen LogP contribution in [0.4, 0.5) is 24.5 Å². The van der Waals surface area contributed by atoms with Gasteiger partial charge in [-0.2, -0.15) is 13.2 Å². The third-order valence-electron chi connectivity index (χ3n) is 3.87. The molecule has 0 bridgehead atoms. The van der Waals surface area contributed by atoms with Crippen molar-refractivity contribution in [1.29, 1.82) is 0 Å². The van der Waals surface area contributed by atoms with Gasteiger partial charge < -0.3 is 10.2 Å². The van der Waals surface area contributed by atoms with E-state index in [0.717, 1.165) is 17.8 Å². The number of carbonyl (C=O) groups excluding carboxylic acids is 1. The Morgan fingerprint density at radius 3 is 2.28 bits per heavy atom. The van der Waals surface area contributed by atoms with Crippen LogP contribution in [0.5, 0.6) is 0 Å². The summed E-state index contributed by atoms with van der Waals surface area (Å²) in [4.78, 5) is 13.3. The third kappa shape index (κ3) is 6.34. The van der Waals surface area contributed by atoms with Gasteiger partial charge in [-0.15, -0.1) is 0 Å². The second-order valence-corrected chi connectivity index (χ2v) is 8.45. The molecule has 0 spiro atoms. The van der Waals surface area contributed by atoms with Crippen LogP contribution >= 0.6 is 11.6 Å². The van der Waals surface area contributed by atoms with Crippen molar-refractivity contribution in [1.82, 2.24) is 4.72 Å². The van der Waals surface area contributed by atoms with Crippen molar-refractivity contribution in [3.8, 4) is 0 Å². The van der Waals surface area contributed by atoms with Crippen molar-refractivity contribution in [2.24, 2.45) is 0 Å². The quantitative estimate of drug-likeness (QED) is 0.675. The molecular weight excluding hydrogens is 431 g/mol. The molecule has 2 aromatic rings. The van der Waals surface area contributed by atoms with Crippen molar-refractivity contribution >= 4 is 38.9 Å². The number of halogens is 4. The summed E-state index contributed by atoms with van der Waals surface area (Å²) in [5.41, 5.74) is 0.230. The second-order valence-electron chi connectivity index (χ2n) is 6.28. The standard InChI is InChI=1S/C18H19ClF3N3O3S/c1-25(2)13-5-3-12(4-6-13)24-17(26)9-10-23-29(27,28)14-7-8-16(19)15(11-14)18(20,21)22/h3-8,11,23H,9-10H2,1-2H3,(H,24,26). The van der Waals surface area contributed by atoms with Gasteiger partial charge in [-0.05, 0) is 42.5 Å². The van der Waals surface area contributed by atoms with E-state index in [0.29, 0.717) is 11.8 Å². The zero-order valence-corrected chi connectivity index (χ0v) is 17.1. The third-order valence-corrected chi connectivity index (χ3v) is 5.65. The van der Waals surface area contributed by atoms with Crippen molar-refractivity contribution in [3.63, 3.8) is 0 Å². The van der Waals surface area contributed by atoms with Crippen LogP contribution in [0.3, 0.4) is 0 Å². The van der Waals surface area contributed by atoms with E-state index < -0.39 is 37.6 Å². The average molecular weight is 450 g/mol. The first-order valence-electron chi connectivity index (χ1n) is 8.34. The van der Waals surface area contributed by atoms with Crippen LogP contribution in [0.2, 0.25) is 5.02 Å². The molecule has 0 atom stereocenters. The molecule has 29 heavy (non-hydrogen) atoms. The number of nitrogens with one attached hydrogen (secondary N) is 2. The highest BCUT2D eigenvalue weighted by molar-refractivity contribution is 7.89. The van der Waals surface area contributed by atoms with Crippen LogP contribution in [0.15, 0.2) is 47.4 Å². The largest absolute Gasteiger partial charge is 0.417 e. The lowest BCUT2D eigenvalue weighted by atomic mass is 10.2. The van der Waals surface area contributed by atoms with Crippen LogP contribution < -0.4 is 14.9 Å². The molecule has 0 unspecified atom stereocenters. The number of alkyl halides is 3. The van der Waals surface area contributed by atoms with E-state index in [2.05, 4.69) is 10.0 Å². The van der Waals surface area contributed by atoms with Crippen molar-refractivity contribution < 1.29 is 26.4 Å². The Labute approximate surface area is 171 Å². The van der Waals surface area contributed by atoms with Gasteiger partial charge in [0.25, 0.3) is 0 Å². The summed E-state index contributed by atoms with van der Waals surface area (Å²) >= 11 is 5.49. The zero-order valence-electron chi connectivity index (χ0n) is 15.5. The van der Waals surface area contributed by atoms with Gasteiger partial charge in [-0.25, -0.2) is 13.1 Å². The molecule has 2 aromatic carbocycles. The number of amides is 1. The maximum absolute atomic E-state index is 12.9. The first-order chi connectivity index (χ1) is 13.4. The van der Waals surface area contributed by atoms with Crippen LogP contribution in [-0.2, 0) is 21.0 Å². The summed E-state index contributed by atoms with van der Waals surface area (Å²) in [6.45, 7) is -0.284. The second kappa shape index (κ2) is 9.02. The minimum Gasteiger partial charge on any atom is -0.378 e. The molecule has 0 radical (unpaired) electrons. The minimum atomic E-state index is -4.79. The van der Waals surface area contributed by atoms with E-state index in [9.17, 15) is 26.4 Å². The Balaban J connectivity index is 1.96. The number of nitrogens with zero attached hydrogens (tertiary/aromatic N) is 1. The highest BCUT2D eigenvalue weighted by Gasteiger charge is 2.34. The first-order valence-corrected chi connectivity index (χ1v) is 10.2. The molecule has 0 fully saturated rings. The van der Waals surface area contributed by atoms with Gasteiger partial charge in [0.2, 0.25) is 15.9 Å². The summed E-state index contributed by atoms with van der Waals surface area (Å²) in [6, 6.07) is 9.29. The number of hydrogen-bond acceptors (Lipinski definition) is 4. The van der Waals surface area contributed by atoms with Crippen LogP contribution in [0.25, 0.3) is 0 Å². The summed E-state index contributed by atoms with van der Waals surface area (Å²) in [5.74, 6) is -0.447. The van der Waals surface area contributed by atoms with Gasteiger partial charge in [0, 0.05) is 38.4 Å². The molecule has 2 N–H and O–H groups in total. The van der Waals surface area contributed by atoms with E-state index >= 15 is 0 Å². The van der Waals surface area contributed by atoms with E-state index in [1.54, 1.807) is 24.3 Å². The highest BCUT2D eigenvalue weighted by Crippen LogP contribution is 2.35. The first kappa shape index (κ1) is 23.0. The van der Waals surface area contributed by atoms with Gasteiger partial charge in [0.1, 0.15) is 0 Å². The number of rotatable bonds is 7. The molecule has 0 aliphatic carbocycles. The zero-order chi connectivity index (χ0) is 21.8. The van der Waals surface area contributed by atoms with Crippen LogP contribution in [0.1, 0.15) is 12.0 Å². The van der Waals surface area contributed by atoms with Crippen molar-refractivity contribution in [2.75, 3.05) is 30.9 Å². The average Bonchev–Trinajstić information content (AvgIpc) is 2.61. The summed E-state index contributed by atoms with van der Waals surface area (Å²) in [5, 5.41) is 2.01. The van der Waals surface area contributed by atoms with Gasteiger partial charge in [-0.1, -0.05) is 11.6 Å². The van der Waals surface area contributed by atoms with Gasteiger partial charge >= 0.3 is 6.18 Å². The molecular formula is C18H19ClF3N3O3S. The van der Waals surface area contributed by atoms with E-state index in [1.165, 1.54) is 0 Å². The molecule has 0 aliphatic heterocycles. The van der Waals surface area contributed by atoms with Gasteiger partial charge in [0.15, 0.2) is 0 Å². The van der Waals surface area contributed by atoms with E-state index in [1.807, 2.05) is 19.0 Å². The van der Waals surface area contributed by atoms with Crippen LogP contribution in [-0.4, -0.2) is 35.0 Å². The molecule has 158 valence electrons. The number of sulfonamides is 1. The maximum atomic E-state index is 12.9. The smallest absolute Gasteiger partial charge is 0.378 e. The number of benzene rings is 2.